The molecule has 0 amide bonds. The number of aliphatic hydroxyl groups is 2. The van der Waals surface area contributed by atoms with E-state index >= 15 is 0 Å². The first-order valence-corrected chi connectivity index (χ1v) is 4.95. The fraction of sp³-hybridized carbons (Fsp3) is 0.273. The third-order valence-electron chi connectivity index (χ3n) is 2.37. The average molecular weight is 255 g/mol. The van der Waals surface area contributed by atoms with Gasteiger partial charge in [0, 0.05) is 5.69 Å². The van der Waals surface area contributed by atoms with E-state index in [9.17, 15) is 19.8 Å². The maximum absolute atomic E-state index is 11.2. The molecule has 0 aromatic heterocycles. The number of nitrogens with two attached hydrogens (primary N) is 1. The standard InChI is InChI=1S/C11H13NO6/c1-18-11(17)6-3-2-5(4-7(6)12)8(13)9(14)10(15)16/h2-4,8-9,13-14H,12H2,1H3,(H,15,16). The number of anilines is 1. The van der Waals surface area contributed by atoms with Crippen molar-refractivity contribution in [3.63, 3.8) is 0 Å². The van der Waals surface area contributed by atoms with Crippen LogP contribution in [0, 0.1) is 0 Å². The number of aliphatic carboxylic acids is 1. The van der Waals surface area contributed by atoms with E-state index in [0.29, 0.717) is 0 Å². The summed E-state index contributed by atoms with van der Waals surface area (Å²) in [6.45, 7) is 0. The predicted octanol–water partition coefficient (Wildman–Crippen LogP) is -0.466. The van der Waals surface area contributed by atoms with E-state index < -0.39 is 24.1 Å². The van der Waals surface area contributed by atoms with Crippen molar-refractivity contribution >= 4 is 17.6 Å². The van der Waals surface area contributed by atoms with E-state index in [1.54, 1.807) is 0 Å². The van der Waals surface area contributed by atoms with Crippen LogP contribution in [-0.2, 0) is 9.53 Å². The van der Waals surface area contributed by atoms with Gasteiger partial charge in [-0.05, 0) is 17.7 Å². The summed E-state index contributed by atoms with van der Waals surface area (Å²) >= 11 is 0. The molecule has 0 spiro atoms. The molecule has 0 bridgehead atoms. The van der Waals surface area contributed by atoms with Gasteiger partial charge in [-0.25, -0.2) is 9.59 Å². The number of aliphatic hydroxyl groups excluding tert-OH is 2. The highest BCUT2D eigenvalue weighted by Gasteiger charge is 2.25. The van der Waals surface area contributed by atoms with Gasteiger partial charge >= 0.3 is 11.9 Å². The van der Waals surface area contributed by atoms with Crippen molar-refractivity contribution in [3.8, 4) is 0 Å². The summed E-state index contributed by atoms with van der Waals surface area (Å²) < 4.78 is 4.48. The van der Waals surface area contributed by atoms with Crippen molar-refractivity contribution in [2.45, 2.75) is 12.2 Å². The zero-order valence-corrected chi connectivity index (χ0v) is 9.53. The molecule has 0 saturated carbocycles. The van der Waals surface area contributed by atoms with Gasteiger partial charge < -0.3 is 25.8 Å². The van der Waals surface area contributed by atoms with Crippen LogP contribution in [0.5, 0.6) is 0 Å². The van der Waals surface area contributed by atoms with Gasteiger partial charge in [-0.3, -0.25) is 0 Å². The lowest BCUT2D eigenvalue weighted by molar-refractivity contribution is -0.153. The number of carboxylic acids is 1. The number of hydrogen-bond donors (Lipinski definition) is 4. The molecule has 0 aliphatic carbocycles. The number of hydrogen-bond acceptors (Lipinski definition) is 6. The number of methoxy groups -OCH3 is 1. The largest absolute Gasteiger partial charge is 0.479 e. The SMILES string of the molecule is COC(=O)c1ccc(C(O)C(O)C(=O)O)cc1N. The fourth-order valence-corrected chi connectivity index (χ4v) is 1.38. The van der Waals surface area contributed by atoms with E-state index in [4.69, 9.17) is 10.8 Å². The van der Waals surface area contributed by atoms with Crippen LogP contribution in [0.1, 0.15) is 22.0 Å². The number of carbonyl (C=O) groups is 2. The van der Waals surface area contributed by atoms with Crippen LogP contribution in [0.25, 0.3) is 0 Å². The molecule has 0 heterocycles. The molecule has 5 N–H and O–H groups in total. The van der Waals surface area contributed by atoms with Gasteiger partial charge in [0.05, 0.1) is 12.7 Å². The molecule has 2 atom stereocenters. The number of ether oxygens (including phenoxy) is 1. The highest BCUT2D eigenvalue weighted by Crippen LogP contribution is 2.22. The third kappa shape index (κ3) is 2.76. The molecule has 98 valence electrons. The Kier molecular flexibility index (Phi) is 4.24. The average Bonchev–Trinajstić information content (AvgIpc) is 2.35. The summed E-state index contributed by atoms with van der Waals surface area (Å²) in [5.74, 6) is -2.20. The number of benzene rings is 1. The first-order valence-electron chi connectivity index (χ1n) is 4.95. The second-order valence-electron chi connectivity index (χ2n) is 3.57. The van der Waals surface area contributed by atoms with Crippen LogP contribution < -0.4 is 5.73 Å². The third-order valence-corrected chi connectivity index (χ3v) is 2.37. The van der Waals surface area contributed by atoms with Gasteiger partial charge in [0.2, 0.25) is 0 Å². The Morgan fingerprint density at radius 1 is 1.33 bits per heavy atom. The highest BCUT2D eigenvalue weighted by atomic mass is 16.5. The number of nitrogen functional groups attached to an aromatic ring is 1. The van der Waals surface area contributed by atoms with E-state index in [1.165, 1.54) is 25.3 Å². The molecule has 1 aromatic rings. The summed E-state index contributed by atoms with van der Waals surface area (Å²) in [4.78, 5) is 21.8. The molecule has 0 saturated heterocycles. The van der Waals surface area contributed by atoms with Crippen molar-refractivity contribution < 1.29 is 29.6 Å². The van der Waals surface area contributed by atoms with E-state index in [-0.39, 0.29) is 16.8 Å². The Morgan fingerprint density at radius 2 is 1.94 bits per heavy atom. The smallest absolute Gasteiger partial charge is 0.339 e. The minimum absolute atomic E-state index is 0.0241. The lowest BCUT2D eigenvalue weighted by atomic mass is 10.0. The molecule has 18 heavy (non-hydrogen) atoms. The first-order chi connectivity index (χ1) is 8.38. The molecule has 0 radical (unpaired) electrons. The van der Waals surface area contributed by atoms with Gasteiger partial charge in [-0.15, -0.1) is 0 Å². The maximum Gasteiger partial charge on any atom is 0.339 e. The van der Waals surface area contributed by atoms with Crippen LogP contribution in [0.3, 0.4) is 0 Å². The molecule has 0 aliphatic heterocycles. The molecule has 7 nitrogen and oxygen atoms in total. The van der Waals surface area contributed by atoms with Gasteiger partial charge in [0.25, 0.3) is 0 Å². The van der Waals surface area contributed by atoms with Gasteiger partial charge in [-0.1, -0.05) is 6.07 Å². The fourth-order valence-electron chi connectivity index (χ4n) is 1.38. The Labute approximate surface area is 102 Å². The summed E-state index contributed by atoms with van der Waals surface area (Å²) in [6.07, 6.45) is -3.59. The molecule has 1 rings (SSSR count). The van der Waals surface area contributed by atoms with E-state index in [2.05, 4.69) is 4.74 Å². The Bertz CT molecular complexity index is 473. The summed E-state index contributed by atoms with van der Waals surface area (Å²) in [5.41, 5.74) is 5.78. The summed E-state index contributed by atoms with van der Waals surface area (Å²) in [5, 5.41) is 27.3. The van der Waals surface area contributed by atoms with Crippen LogP contribution >= 0.6 is 0 Å². The topological polar surface area (TPSA) is 130 Å². The predicted molar refractivity (Wildman–Crippen MR) is 60.8 cm³/mol. The molecule has 7 heteroatoms. The Morgan fingerprint density at radius 3 is 2.39 bits per heavy atom. The van der Waals surface area contributed by atoms with E-state index in [0.717, 1.165) is 0 Å². The van der Waals surface area contributed by atoms with Crippen molar-refractivity contribution in [2.24, 2.45) is 0 Å². The zero-order chi connectivity index (χ0) is 13.9. The molecule has 1 aromatic carbocycles. The van der Waals surface area contributed by atoms with Crippen LogP contribution in [0.4, 0.5) is 5.69 Å². The number of rotatable bonds is 4. The summed E-state index contributed by atoms with van der Waals surface area (Å²) in [7, 11) is 1.19. The second kappa shape index (κ2) is 5.48. The van der Waals surface area contributed by atoms with Gasteiger partial charge in [0.1, 0.15) is 6.10 Å². The van der Waals surface area contributed by atoms with Crippen molar-refractivity contribution in [2.75, 3.05) is 12.8 Å². The Balaban J connectivity index is 3.04. The van der Waals surface area contributed by atoms with Crippen LogP contribution in [0.2, 0.25) is 0 Å². The molecular formula is C11H13NO6. The highest BCUT2D eigenvalue weighted by molar-refractivity contribution is 5.95. The van der Waals surface area contributed by atoms with Crippen LogP contribution in [-0.4, -0.2) is 40.5 Å². The molecule has 0 aliphatic rings. The lowest BCUT2D eigenvalue weighted by Gasteiger charge is -2.15. The summed E-state index contributed by atoms with van der Waals surface area (Å²) in [6, 6.07) is 3.79. The molecule has 0 fully saturated rings. The molecular weight excluding hydrogens is 242 g/mol. The Hall–Kier alpha value is -2.12. The number of carbonyl (C=O) groups excluding carboxylic acids is 1. The second-order valence-corrected chi connectivity index (χ2v) is 3.57. The zero-order valence-electron chi connectivity index (χ0n) is 9.53. The number of esters is 1. The van der Waals surface area contributed by atoms with Gasteiger partial charge in [-0.2, -0.15) is 0 Å². The quantitative estimate of drug-likeness (QED) is 0.422. The normalized spacial score (nSPS) is 13.7. The van der Waals surface area contributed by atoms with E-state index in [1.807, 2.05) is 0 Å². The first kappa shape index (κ1) is 13.9. The van der Waals surface area contributed by atoms with Crippen molar-refractivity contribution in [3.05, 3.63) is 29.3 Å². The number of carboxylic acid groups (broad SMARTS) is 1. The minimum atomic E-state index is -1.96. The lowest BCUT2D eigenvalue weighted by Crippen LogP contribution is -2.27. The van der Waals surface area contributed by atoms with Crippen molar-refractivity contribution in [1.82, 2.24) is 0 Å². The minimum Gasteiger partial charge on any atom is -0.479 e. The maximum atomic E-state index is 11.2. The van der Waals surface area contributed by atoms with Gasteiger partial charge in [0.15, 0.2) is 6.10 Å². The molecule has 2 unspecified atom stereocenters. The van der Waals surface area contributed by atoms with Crippen molar-refractivity contribution in [1.29, 1.82) is 0 Å². The van der Waals surface area contributed by atoms with Crippen LogP contribution in [0.15, 0.2) is 18.2 Å². The monoisotopic (exact) mass is 255 g/mol.